The van der Waals surface area contributed by atoms with E-state index >= 15 is 0 Å². The highest BCUT2D eigenvalue weighted by atomic mass is 35.5. The molecule has 2 unspecified atom stereocenters. The van der Waals surface area contributed by atoms with Gasteiger partial charge in [0.15, 0.2) is 17.8 Å². The van der Waals surface area contributed by atoms with Crippen molar-refractivity contribution in [1.29, 1.82) is 0 Å². The number of benzene rings is 2. The zero-order valence-electron chi connectivity index (χ0n) is 22.3. The van der Waals surface area contributed by atoms with Gasteiger partial charge in [-0.3, -0.25) is 14.3 Å². The van der Waals surface area contributed by atoms with Gasteiger partial charge in [0, 0.05) is 35.8 Å². The number of hydrogen-bond donors (Lipinski definition) is 1. The van der Waals surface area contributed by atoms with Gasteiger partial charge in [-0.25, -0.2) is 19.1 Å². The molecule has 4 heterocycles. The van der Waals surface area contributed by atoms with Crippen molar-refractivity contribution in [3.63, 3.8) is 0 Å². The number of aliphatic hydroxyl groups excluding tert-OH is 1. The van der Waals surface area contributed by atoms with Crippen molar-refractivity contribution in [2.75, 3.05) is 20.1 Å². The third-order valence-corrected chi connectivity index (χ3v) is 8.00. The lowest BCUT2D eigenvalue weighted by Crippen LogP contribution is -2.47. The fourth-order valence-corrected chi connectivity index (χ4v) is 5.67. The van der Waals surface area contributed by atoms with Crippen LogP contribution in [0.4, 0.5) is 13.2 Å². The number of aliphatic hydroxyl groups is 1. The van der Waals surface area contributed by atoms with Crippen LogP contribution in [-0.4, -0.2) is 94.4 Å². The molecule has 0 saturated carbocycles. The molecule has 2 aliphatic rings. The van der Waals surface area contributed by atoms with Crippen molar-refractivity contribution in [2.24, 2.45) is 0 Å². The average Bonchev–Trinajstić information content (AvgIpc) is 3.74. The summed E-state index contributed by atoms with van der Waals surface area (Å²) >= 11 is 5.94. The number of fused-ring (bicyclic) bond motifs is 2. The minimum absolute atomic E-state index is 0.0825. The number of nitrogens with zero attached hydrogens (tertiary/aromatic N) is 8. The van der Waals surface area contributed by atoms with E-state index in [-0.39, 0.29) is 30.1 Å². The van der Waals surface area contributed by atoms with Gasteiger partial charge in [-0.15, -0.1) is 10.2 Å². The number of likely N-dealkylation sites (N-methyl/N-ethyl adjacent to an activating group) is 1. The quantitative estimate of drug-likeness (QED) is 0.346. The standard InChI is InChI=1S/C27H26ClF3N8O3/c1-35-11-19-10-18(35)12-36(19)25(41)20-4-2-3-5-21(20)39-15-32-23(33-39)14-38-26(42)37(13-22(40)27(29,30)31)24(34-38)16-6-8-17(28)9-7-16/h2-9,15,18-19,22,40H,10-14H2,1H3/t18?,19?,22-/m0/s1. The van der Waals surface area contributed by atoms with Gasteiger partial charge in [-0.2, -0.15) is 13.2 Å². The summed E-state index contributed by atoms with van der Waals surface area (Å²) in [7, 11) is 2.06. The summed E-state index contributed by atoms with van der Waals surface area (Å²) < 4.78 is 42.6. The van der Waals surface area contributed by atoms with E-state index in [1.165, 1.54) is 35.3 Å². The van der Waals surface area contributed by atoms with Crippen LogP contribution in [0.2, 0.25) is 5.02 Å². The van der Waals surface area contributed by atoms with Crippen LogP contribution in [0.15, 0.2) is 59.7 Å². The predicted octanol–water partition coefficient (Wildman–Crippen LogP) is 2.45. The predicted molar refractivity (Wildman–Crippen MR) is 145 cm³/mol. The Balaban J connectivity index is 1.29. The van der Waals surface area contributed by atoms with Gasteiger partial charge in [0.05, 0.1) is 17.8 Å². The monoisotopic (exact) mass is 602 g/mol. The van der Waals surface area contributed by atoms with Crippen molar-refractivity contribution in [1.82, 2.24) is 38.9 Å². The zero-order valence-corrected chi connectivity index (χ0v) is 23.1. The van der Waals surface area contributed by atoms with E-state index in [9.17, 15) is 27.9 Å². The number of likely N-dealkylation sites (tertiary alicyclic amines) is 2. The molecule has 1 N–H and O–H groups in total. The largest absolute Gasteiger partial charge is 0.416 e. The van der Waals surface area contributed by atoms with Gasteiger partial charge >= 0.3 is 11.9 Å². The Morgan fingerprint density at radius 3 is 2.50 bits per heavy atom. The molecule has 2 aliphatic heterocycles. The number of halogens is 4. The molecule has 1 amide bonds. The van der Waals surface area contributed by atoms with Crippen LogP contribution in [0.1, 0.15) is 22.6 Å². The highest BCUT2D eigenvalue weighted by Gasteiger charge is 2.44. The lowest BCUT2D eigenvalue weighted by Gasteiger charge is -2.32. The molecule has 2 aromatic carbocycles. The van der Waals surface area contributed by atoms with E-state index in [1.54, 1.807) is 24.3 Å². The Morgan fingerprint density at radius 2 is 1.83 bits per heavy atom. The molecule has 11 nitrogen and oxygen atoms in total. The maximum atomic E-state index is 13.5. The maximum absolute atomic E-state index is 13.5. The molecular formula is C27H26ClF3N8O3. The Kier molecular flexibility index (Phi) is 7.15. The van der Waals surface area contributed by atoms with Crippen molar-refractivity contribution in [3.05, 3.63) is 81.8 Å². The van der Waals surface area contributed by atoms with Gasteiger partial charge in [0.25, 0.3) is 5.91 Å². The average molecular weight is 603 g/mol. The molecule has 42 heavy (non-hydrogen) atoms. The van der Waals surface area contributed by atoms with Crippen molar-refractivity contribution >= 4 is 17.5 Å². The van der Waals surface area contributed by atoms with Gasteiger partial charge in [-0.05, 0) is 49.9 Å². The Hall–Kier alpha value is -4.01. The highest BCUT2D eigenvalue weighted by molar-refractivity contribution is 6.30. The number of carbonyl (C=O) groups excluding carboxylic acids is 1. The summed E-state index contributed by atoms with van der Waals surface area (Å²) in [5.74, 6) is -0.0418. The molecule has 0 aliphatic carbocycles. The molecule has 4 aromatic rings. The maximum Gasteiger partial charge on any atom is 0.416 e. The Bertz CT molecular complexity index is 1680. The number of para-hydroxylation sites is 1. The van der Waals surface area contributed by atoms with Crippen molar-refractivity contribution in [3.8, 4) is 17.1 Å². The fourth-order valence-electron chi connectivity index (χ4n) is 5.54. The van der Waals surface area contributed by atoms with E-state index < -0.39 is 24.5 Å². The van der Waals surface area contributed by atoms with E-state index in [0.29, 0.717) is 34.4 Å². The minimum Gasteiger partial charge on any atom is -0.382 e. The number of piperazine rings is 1. The van der Waals surface area contributed by atoms with Crippen molar-refractivity contribution in [2.45, 2.75) is 43.9 Å². The molecular weight excluding hydrogens is 577 g/mol. The van der Waals surface area contributed by atoms with Crippen LogP contribution in [0.25, 0.3) is 17.1 Å². The van der Waals surface area contributed by atoms with Crippen LogP contribution < -0.4 is 5.69 Å². The molecule has 6 rings (SSSR count). The second kappa shape index (κ2) is 10.7. The summed E-state index contributed by atoms with van der Waals surface area (Å²) in [4.78, 5) is 35.1. The minimum atomic E-state index is -4.94. The van der Waals surface area contributed by atoms with Gasteiger partial charge in [-0.1, -0.05) is 23.7 Å². The zero-order chi connectivity index (χ0) is 29.8. The van der Waals surface area contributed by atoms with Crippen LogP contribution >= 0.6 is 11.6 Å². The van der Waals surface area contributed by atoms with Crippen LogP contribution in [-0.2, 0) is 13.1 Å². The molecule has 3 atom stereocenters. The Morgan fingerprint density at radius 1 is 1.10 bits per heavy atom. The van der Waals surface area contributed by atoms with Gasteiger partial charge < -0.3 is 10.0 Å². The second-order valence-corrected chi connectivity index (χ2v) is 10.9. The number of hydrogen-bond acceptors (Lipinski definition) is 7. The van der Waals surface area contributed by atoms with Gasteiger partial charge in [0.2, 0.25) is 0 Å². The first kappa shape index (κ1) is 28.1. The number of aromatic nitrogens is 6. The van der Waals surface area contributed by atoms with Crippen LogP contribution in [0, 0.1) is 0 Å². The molecule has 2 aromatic heterocycles. The summed E-state index contributed by atoms with van der Waals surface area (Å²) in [6.45, 7) is 0.165. The number of rotatable bonds is 7. The lowest BCUT2D eigenvalue weighted by atomic mass is 10.1. The Labute approximate surface area is 242 Å². The van der Waals surface area contributed by atoms with E-state index in [0.717, 1.165) is 22.2 Å². The van der Waals surface area contributed by atoms with Crippen LogP contribution in [0.3, 0.4) is 0 Å². The van der Waals surface area contributed by atoms with Gasteiger partial charge in [0.1, 0.15) is 12.9 Å². The number of amides is 1. The normalized spacial score (nSPS) is 19.5. The molecule has 0 radical (unpaired) electrons. The second-order valence-electron chi connectivity index (χ2n) is 10.5. The molecule has 220 valence electrons. The third-order valence-electron chi connectivity index (χ3n) is 7.75. The number of carbonyl (C=O) groups is 1. The summed E-state index contributed by atoms with van der Waals surface area (Å²) in [5, 5.41) is 18.8. The third kappa shape index (κ3) is 5.21. The summed E-state index contributed by atoms with van der Waals surface area (Å²) in [6, 6.07) is 13.6. The number of alkyl halides is 3. The molecule has 0 spiro atoms. The summed E-state index contributed by atoms with van der Waals surface area (Å²) in [6.07, 6.45) is -5.37. The van der Waals surface area contributed by atoms with E-state index in [1.807, 2.05) is 4.90 Å². The molecule has 2 bridgehead atoms. The first-order chi connectivity index (χ1) is 20.0. The van der Waals surface area contributed by atoms with E-state index in [2.05, 4.69) is 27.1 Å². The SMILES string of the molecule is CN1CC2CC1CN2C(=O)c1ccccc1-n1cnc(Cn2nc(-c3ccc(Cl)cc3)n(C[C@H](O)C(F)(F)F)c2=O)n1. The molecule has 2 fully saturated rings. The van der Waals surface area contributed by atoms with E-state index in [4.69, 9.17) is 11.6 Å². The van der Waals surface area contributed by atoms with Crippen molar-refractivity contribution < 1.29 is 23.1 Å². The molecule has 15 heteroatoms. The smallest absolute Gasteiger partial charge is 0.382 e. The summed E-state index contributed by atoms with van der Waals surface area (Å²) in [5.41, 5.74) is 0.406. The fraction of sp³-hybridized carbons (Fsp3) is 0.370. The topological polar surface area (TPSA) is 114 Å². The first-order valence-corrected chi connectivity index (χ1v) is 13.6. The van der Waals surface area contributed by atoms with Crippen LogP contribution in [0.5, 0.6) is 0 Å². The lowest BCUT2D eigenvalue weighted by molar-refractivity contribution is -0.207. The highest BCUT2D eigenvalue weighted by Crippen LogP contribution is 2.31. The first-order valence-electron chi connectivity index (χ1n) is 13.2. The molecule has 2 saturated heterocycles.